The van der Waals surface area contributed by atoms with Gasteiger partial charge < -0.3 is 0 Å². The van der Waals surface area contributed by atoms with Crippen LogP contribution < -0.4 is 0 Å². The van der Waals surface area contributed by atoms with Crippen LogP contribution in [0.2, 0.25) is 0 Å². The zero-order chi connectivity index (χ0) is 13.1. The van der Waals surface area contributed by atoms with Gasteiger partial charge in [-0.1, -0.05) is 56.1 Å². The molecule has 0 N–H and O–H groups in total. The molecule has 2 nitrogen and oxygen atoms in total. The first kappa shape index (κ1) is 13.8. The van der Waals surface area contributed by atoms with Crippen molar-refractivity contribution in [1.82, 2.24) is 4.90 Å². The minimum Gasteiger partial charge on any atom is -0.293 e. The summed E-state index contributed by atoms with van der Waals surface area (Å²) in [5.74, 6) is 1.06. The summed E-state index contributed by atoms with van der Waals surface area (Å²) in [6.45, 7) is 4.94. The van der Waals surface area contributed by atoms with Crippen LogP contribution in [0, 0.1) is 11.8 Å². The van der Waals surface area contributed by atoms with E-state index in [1.54, 1.807) is 4.90 Å². The van der Waals surface area contributed by atoms with Crippen LogP contribution in [0.1, 0.15) is 33.1 Å². The summed E-state index contributed by atoms with van der Waals surface area (Å²) in [4.78, 5) is 14.8. The Morgan fingerprint density at radius 1 is 1.56 bits per heavy atom. The molecule has 18 heavy (non-hydrogen) atoms. The van der Waals surface area contributed by atoms with E-state index in [-0.39, 0.29) is 5.91 Å². The molecule has 1 heterocycles. The average molecular weight is 281 g/mol. The van der Waals surface area contributed by atoms with Crippen LogP contribution in [-0.4, -0.2) is 21.7 Å². The molecule has 0 spiro atoms. The van der Waals surface area contributed by atoms with Gasteiger partial charge in [0.25, 0.3) is 5.91 Å². The molecule has 2 rings (SSSR count). The van der Waals surface area contributed by atoms with Gasteiger partial charge in [-0.3, -0.25) is 9.69 Å². The monoisotopic (exact) mass is 281 g/mol. The highest BCUT2D eigenvalue weighted by Crippen LogP contribution is 2.34. The predicted octanol–water partition coefficient (Wildman–Crippen LogP) is 3.74. The molecule has 2 aliphatic rings. The SMILES string of the molecule is CC(C)CN1C(=O)/C(=C\[C@H]2CC=CCC2)SC1=S. The van der Waals surface area contributed by atoms with Gasteiger partial charge in [-0.15, -0.1) is 0 Å². The van der Waals surface area contributed by atoms with Gasteiger partial charge in [0, 0.05) is 6.54 Å². The lowest BCUT2D eigenvalue weighted by atomic mass is 9.94. The summed E-state index contributed by atoms with van der Waals surface area (Å²) in [5.41, 5.74) is 0. The Bertz CT molecular complexity index is 412. The molecule has 0 bridgehead atoms. The first-order chi connectivity index (χ1) is 8.58. The largest absolute Gasteiger partial charge is 0.293 e. The minimum atomic E-state index is 0.105. The molecule has 98 valence electrons. The van der Waals surface area contributed by atoms with Gasteiger partial charge in [0.1, 0.15) is 4.32 Å². The quantitative estimate of drug-likeness (QED) is 0.446. The Kier molecular flexibility index (Phi) is 4.62. The lowest BCUT2D eigenvalue weighted by molar-refractivity contribution is -0.122. The number of carbonyl (C=O) groups excluding carboxylic acids is 1. The van der Waals surface area contributed by atoms with Gasteiger partial charge in [0.05, 0.1) is 4.91 Å². The molecule has 1 saturated heterocycles. The highest BCUT2D eigenvalue weighted by atomic mass is 32.2. The van der Waals surface area contributed by atoms with Crippen molar-refractivity contribution in [2.75, 3.05) is 6.54 Å². The zero-order valence-electron chi connectivity index (χ0n) is 10.9. The fraction of sp³-hybridized carbons (Fsp3) is 0.571. The van der Waals surface area contributed by atoms with Crippen LogP contribution in [0.25, 0.3) is 0 Å². The number of allylic oxidation sites excluding steroid dienone is 3. The molecular formula is C14H19NOS2. The van der Waals surface area contributed by atoms with E-state index in [0.717, 1.165) is 30.7 Å². The lowest BCUT2D eigenvalue weighted by Crippen LogP contribution is -2.31. The fourth-order valence-electron chi connectivity index (χ4n) is 2.22. The minimum absolute atomic E-state index is 0.105. The first-order valence-corrected chi connectivity index (χ1v) is 7.71. The summed E-state index contributed by atoms with van der Waals surface area (Å²) in [6.07, 6.45) is 9.86. The maximum Gasteiger partial charge on any atom is 0.265 e. The molecule has 1 fully saturated rings. The normalized spacial score (nSPS) is 26.7. The van der Waals surface area contributed by atoms with E-state index >= 15 is 0 Å². The van der Waals surface area contributed by atoms with Crippen LogP contribution in [-0.2, 0) is 4.79 Å². The molecule has 0 aromatic rings. The van der Waals surface area contributed by atoms with Crippen molar-refractivity contribution in [3.63, 3.8) is 0 Å². The Labute approximate surface area is 118 Å². The second kappa shape index (κ2) is 6.02. The second-order valence-corrected chi connectivity index (χ2v) is 6.93. The van der Waals surface area contributed by atoms with Crippen LogP contribution in [0.4, 0.5) is 0 Å². The second-order valence-electron chi connectivity index (χ2n) is 5.25. The standard InChI is InChI=1S/C14H19NOS2/c1-10(2)9-15-13(16)12(18-14(15)17)8-11-6-4-3-5-7-11/h3-4,8,10-11H,5-7,9H2,1-2H3/b12-8+/t11-/m0/s1. The fourth-order valence-corrected chi connectivity index (χ4v) is 3.56. The van der Waals surface area contributed by atoms with Crippen molar-refractivity contribution in [1.29, 1.82) is 0 Å². The van der Waals surface area contributed by atoms with Gasteiger partial charge >= 0.3 is 0 Å². The molecule has 0 aromatic heterocycles. The molecule has 0 aromatic carbocycles. The van der Waals surface area contributed by atoms with E-state index < -0.39 is 0 Å². The lowest BCUT2D eigenvalue weighted by Gasteiger charge is -2.17. The molecule has 4 heteroatoms. The van der Waals surface area contributed by atoms with Crippen LogP contribution in [0.5, 0.6) is 0 Å². The number of hydrogen-bond acceptors (Lipinski definition) is 3. The van der Waals surface area contributed by atoms with E-state index in [2.05, 4.69) is 32.1 Å². The molecule has 0 saturated carbocycles. The van der Waals surface area contributed by atoms with E-state index in [9.17, 15) is 4.79 Å². The van der Waals surface area contributed by atoms with Crippen molar-refractivity contribution in [3.8, 4) is 0 Å². The first-order valence-electron chi connectivity index (χ1n) is 6.48. The maximum atomic E-state index is 12.3. The molecule has 1 amide bonds. The van der Waals surface area contributed by atoms with E-state index in [1.165, 1.54) is 11.8 Å². The van der Waals surface area contributed by atoms with Crippen molar-refractivity contribution >= 4 is 34.2 Å². The van der Waals surface area contributed by atoms with Crippen LogP contribution >= 0.6 is 24.0 Å². The van der Waals surface area contributed by atoms with Gasteiger partial charge in [-0.2, -0.15) is 0 Å². The summed E-state index contributed by atoms with van der Waals surface area (Å²) in [5, 5.41) is 0. The Balaban J connectivity index is 2.07. The molecule has 0 unspecified atom stereocenters. The number of nitrogens with zero attached hydrogens (tertiary/aromatic N) is 1. The van der Waals surface area contributed by atoms with E-state index in [4.69, 9.17) is 12.2 Å². The number of thiocarbonyl (C=S) groups is 1. The van der Waals surface area contributed by atoms with Crippen molar-refractivity contribution in [2.45, 2.75) is 33.1 Å². The van der Waals surface area contributed by atoms with Gasteiger partial charge in [0.15, 0.2) is 0 Å². The Morgan fingerprint density at radius 2 is 2.33 bits per heavy atom. The number of rotatable bonds is 3. The van der Waals surface area contributed by atoms with Crippen LogP contribution in [0.15, 0.2) is 23.1 Å². The third kappa shape index (κ3) is 3.23. The van der Waals surface area contributed by atoms with Crippen molar-refractivity contribution < 1.29 is 4.79 Å². The third-order valence-electron chi connectivity index (χ3n) is 3.12. The van der Waals surface area contributed by atoms with E-state index in [0.29, 0.717) is 16.2 Å². The van der Waals surface area contributed by atoms with Crippen molar-refractivity contribution in [3.05, 3.63) is 23.1 Å². The number of amides is 1. The topological polar surface area (TPSA) is 20.3 Å². The van der Waals surface area contributed by atoms with Gasteiger partial charge in [-0.25, -0.2) is 0 Å². The maximum absolute atomic E-state index is 12.3. The smallest absolute Gasteiger partial charge is 0.265 e. The summed E-state index contributed by atoms with van der Waals surface area (Å²) < 4.78 is 0.714. The highest BCUT2D eigenvalue weighted by Gasteiger charge is 2.32. The summed E-state index contributed by atoms with van der Waals surface area (Å²) in [7, 11) is 0. The molecule has 1 aliphatic carbocycles. The molecule has 0 radical (unpaired) electrons. The summed E-state index contributed by atoms with van der Waals surface area (Å²) in [6, 6.07) is 0. The van der Waals surface area contributed by atoms with E-state index in [1.807, 2.05) is 0 Å². The van der Waals surface area contributed by atoms with Gasteiger partial charge in [-0.05, 0) is 31.1 Å². The third-order valence-corrected chi connectivity index (χ3v) is 4.51. The Hall–Kier alpha value is -0.610. The van der Waals surface area contributed by atoms with Crippen LogP contribution in [0.3, 0.4) is 0 Å². The Morgan fingerprint density at radius 3 is 2.94 bits per heavy atom. The highest BCUT2D eigenvalue weighted by molar-refractivity contribution is 8.26. The zero-order valence-corrected chi connectivity index (χ0v) is 12.5. The van der Waals surface area contributed by atoms with Crippen molar-refractivity contribution in [2.24, 2.45) is 11.8 Å². The number of carbonyl (C=O) groups is 1. The van der Waals surface area contributed by atoms with Gasteiger partial charge in [0.2, 0.25) is 0 Å². The number of hydrogen-bond donors (Lipinski definition) is 0. The summed E-state index contributed by atoms with van der Waals surface area (Å²) >= 11 is 6.76. The molecule has 1 aliphatic heterocycles. The predicted molar refractivity (Wildman–Crippen MR) is 81.3 cm³/mol. The molecular weight excluding hydrogens is 262 g/mol. The molecule has 1 atom stereocenters. The average Bonchev–Trinajstić information content (AvgIpc) is 2.58. The number of thioether (sulfide) groups is 1.